The SMILES string of the molecule is N#CN=C(SCCOc1ccc(Cl)cc1Cl)SCc1ccccc1. The van der Waals surface area contributed by atoms with Crippen molar-refractivity contribution in [3.05, 3.63) is 64.1 Å². The summed E-state index contributed by atoms with van der Waals surface area (Å²) in [6, 6.07) is 15.2. The highest BCUT2D eigenvalue weighted by molar-refractivity contribution is 8.38. The molecule has 0 radical (unpaired) electrons. The van der Waals surface area contributed by atoms with Gasteiger partial charge in [0.05, 0.1) is 11.6 Å². The predicted molar refractivity (Wildman–Crippen MR) is 105 cm³/mol. The largest absolute Gasteiger partial charge is 0.491 e. The van der Waals surface area contributed by atoms with Crippen LogP contribution in [0.1, 0.15) is 5.56 Å². The van der Waals surface area contributed by atoms with Crippen LogP contribution in [0.5, 0.6) is 5.75 Å². The summed E-state index contributed by atoms with van der Waals surface area (Å²) in [5, 5.41) is 9.86. The van der Waals surface area contributed by atoms with Crippen molar-refractivity contribution in [2.75, 3.05) is 12.4 Å². The molecular weight excluding hydrogens is 383 g/mol. The van der Waals surface area contributed by atoms with Gasteiger partial charge in [-0.15, -0.1) is 0 Å². The Kier molecular flexibility index (Phi) is 8.34. The summed E-state index contributed by atoms with van der Waals surface area (Å²) in [6.45, 7) is 0.461. The number of benzene rings is 2. The fourth-order valence-electron chi connectivity index (χ4n) is 1.74. The first-order valence-corrected chi connectivity index (χ1v) is 9.76. The average Bonchev–Trinajstić information content (AvgIpc) is 2.59. The van der Waals surface area contributed by atoms with Gasteiger partial charge < -0.3 is 4.74 Å². The first-order chi connectivity index (χ1) is 11.7. The van der Waals surface area contributed by atoms with E-state index >= 15 is 0 Å². The van der Waals surface area contributed by atoms with Gasteiger partial charge in [-0.2, -0.15) is 10.3 Å². The van der Waals surface area contributed by atoms with Gasteiger partial charge in [0.25, 0.3) is 0 Å². The van der Waals surface area contributed by atoms with Crippen molar-refractivity contribution in [1.82, 2.24) is 0 Å². The van der Waals surface area contributed by atoms with E-state index in [1.165, 1.54) is 17.3 Å². The Labute approximate surface area is 160 Å². The van der Waals surface area contributed by atoms with Crippen LogP contribution in [0.2, 0.25) is 10.0 Å². The van der Waals surface area contributed by atoms with E-state index in [0.717, 1.165) is 10.1 Å². The van der Waals surface area contributed by atoms with Crippen LogP contribution in [0, 0.1) is 11.5 Å². The lowest BCUT2D eigenvalue weighted by atomic mass is 10.2. The Morgan fingerprint density at radius 2 is 1.92 bits per heavy atom. The summed E-state index contributed by atoms with van der Waals surface area (Å²) in [5.41, 5.74) is 1.19. The summed E-state index contributed by atoms with van der Waals surface area (Å²) in [7, 11) is 0. The topological polar surface area (TPSA) is 45.4 Å². The van der Waals surface area contributed by atoms with Crippen LogP contribution in [-0.2, 0) is 5.75 Å². The highest BCUT2D eigenvalue weighted by atomic mass is 35.5. The number of nitriles is 1. The van der Waals surface area contributed by atoms with Gasteiger partial charge >= 0.3 is 0 Å². The van der Waals surface area contributed by atoms with Crippen LogP contribution in [-0.4, -0.2) is 16.7 Å². The molecule has 24 heavy (non-hydrogen) atoms. The van der Waals surface area contributed by atoms with Crippen LogP contribution in [0.3, 0.4) is 0 Å². The zero-order valence-electron chi connectivity index (χ0n) is 12.6. The molecule has 3 nitrogen and oxygen atoms in total. The zero-order chi connectivity index (χ0) is 17.2. The first-order valence-electron chi connectivity index (χ1n) is 7.03. The molecule has 7 heteroatoms. The van der Waals surface area contributed by atoms with E-state index in [4.69, 9.17) is 33.2 Å². The van der Waals surface area contributed by atoms with Gasteiger partial charge in [-0.25, -0.2) is 0 Å². The molecule has 0 saturated heterocycles. The summed E-state index contributed by atoms with van der Waals surface area (Å²) in [4.78, 5) is 3.86. The molecular formula is C17H14Cl2N2OS2. The third kappa shape index (κ3) is 6.66. The second-order valence-electron chi connectivity index (χ2n) is 4.52. The molecule has 2 aromatic carbocycles. The van der Waals surface area contributed by atoms with E-state index in [1.54, 1.807) is 30.0 Å². The molecule has 0 N–H and O–H groups in total. The van der Waals surface area contributed by atoms with Gasteiger partial charge in [0.15, 0.2) is 0 Å². The highest BCUT2D eigenvalue weighted by Crippen LogP contribution is 2.28. The number of thioether (sulfide) groups is 2. The van der Waals surface area contributed by atoms with Gasteiger partial charge in [0.1, 0.15) is 10.1 Å². The number of nitrogens with zero attached hydrogens (tertiary/aromatic N) is 2. The maximum atomic E-state index is 8.81. The van der Waals surface area contributed by atoms with Crippen molar-refractivity contribution in [3.8, 4) is 11.9 Å². The first kappa shape index (κ1) is 19.0. The number of hydrogen-bond acceptors (Lipinski definition) is 5. The zero-order valence-corrected chi connectivity index (χ0v) is 15.8. The molecule has 0 aliphatic heterocycles. The van der Waals surface area contributed by atoms with Crippen LogP contribution in [0.4, 0.5) is 0 Å². The van der Waals surface area contributed by atoms with E-state index in [1.807, 2.05) is 36.5 Å². The third-order valence-electron chi connectivity index (χ3n) is 2.81. The van der Waals surface area contributed by atoms with Gasteiger partial charge in [0, 0.05) is 16.5 Å². The average molecular weight is 397 g/mol. The van der Waals surface area contributed by atoms with Crippen molar-refractivity contribution in [3.63, 3.8) is 0 Å². The van der Waals surface area contributed by atoms with E-state index in [-0.39, 0.29) is 0 Å². The minimum Gasteiger partial charge on any atom is -0.491 e. The Bertz CT molecular complexity index is 733. The molecule has 0 spiro atoms. The van der Waals surface area contributed by atoms with E-state index in [2.05, 4.69) is 4.99 Å². The highest BCUT2D eigenvalue weighted by Gasteiger charge is 2.05. The summed E-state index contributed by atoms with van der Waals surface area (Å²) in [5.74, 6) is 2.04. The standard InChI is InChI=1S/C17H14Cl2N2OS2/c18-14-6-7-16(15(19)10-14)22-8-9-23-17(21-12-20)24-11-13-4-2-1-3-5-13/h1-7,10H,8-9,11H2. The number of rotatable bonds is 6. The predicted octanol–water partition coefficient (Wildman–Crippen LogP) is 5.88. The molecule has 0 aromatic heterocycles. The monoisotopic (exact) mass is 396 g/mol. The van der Waals surface area contributed by atoms with Gasteiger partial charge in [-0.3, -0.25) is 0 Å². The Balaban J connectivity index is 1.77. The molecule has 0 aliphatic carbocycles. The van der Waals surface area contributed by atoms with Crippen molar-refractivity contribution in [1.29, 1.82) is 5.26 Å². The fraction of sp³-hybridized carbons (Fsp3) is 0.176. The molecule has 2 rings (SSSR count). The van der Waals surface area contributed by atoms with Gasteiger partial charge in [0.2, 0.25) is 6.19 Å². The normalized spacial score (nSPS) is 11.1. The molecule has 2 aromatic rings. The van der Waals surface area contributed by atoms with Crippen LogP contribution >= 0.6 is 46.7 Å². The summed E-state index contributed by atoms with van der Waals surface area (Å²) < 4.78 is 6.35. The molecule has 0 aliphatic rings. The number of halogens is 2. The smallest absolute Gasteiger partial charge is 0.207 e. The fourth-order valence-corrected chi connectivity index (χ4v) is 4.00. The lowest BCUT2D eigenvalue weighted by Gasteiger charge is -2.08. The van der Waals surface area contributed by atoms with Crippen LogP contribution in [0.15, 0.2) is 53.5 Å². The molecule has 0 saturated carbocycles. The van der Waals surface area contributed by atoms with E-state index in [0.29, 0.717) is 28.2 Å². The molecule has 0 bridgehead atoms. The van der Waals surface area contributed by atoms with Crippen LogP contribution < -0.4 is 4.74 Å². The second kappa shape index (κ2) is 10.5. The Hall–Kier alpha value is -1.32. The maximum absolute atomic E-state index is 8.81. The molecule has 124 valence electrons. The lowest BCUT2D eigenvalue weighted by molar-refractivity contribution is 0.344. The number of aliphatic imine (C=N–C) groups is 1. The van der Waals surface area contributed by atoms with Crippen molar-refractivity contribution in [2.45, 2.75) is 5.75 Å². The summed E-state index contributed by atoms with van der Waals surface area (Å²) >= 11 is 14.9. The second-order valence-corrected chi connectivity index (χ2v) is 7.67. The van der Waals surface area contributed by atoms with Gasteiger partial charge in [-0.1, -0.05) is 77.1 Å². The third-order valence-corrected chi connectivity index (χ3v) is 5.57. The van der Waals surface area contributed by atoms with Crippen LogP contribution in [0.25, 0.3) is 0 Å². The van der Waals surface area contributed by atoms with E-state index in [9.17, 15) is 0 Å². The molecule has 0 amide bonds. The Morgan fingerprint density at radius 3 is 2.62 bits per heavy atom. The number of hydrogen-bond donors (Lipinski definition) is 0. The molecule has 0 fully saturated rings. The maximum Gasteiger partial charge on any atom is 0.207 e. The van der Waals surface area contributed by atoms with E-state index < -0.39 is 0 Å². The van der Waals surface area contributed by atoms with Gasteiger partial charge in [-0.05, 0) is 23.8 Å². The molecule has 0 atom stereocenters. The number of ether oxygens (including phenoxy) is 1. The summed E-state index contributed by atoms with van der Waals surface area (Å²) in [6.07, 6.45) is 1.85. The molecule has 0 heterocycles. The molecule has 0 unspecified atom stereocenters. The Morgan fingerprint density at radius 1 is 1.12 bits per heavy atom. The van der Waals surface area contributed by atoms with Crippen molar-refractivity contribution in [2.24, 2.45) is 4.99 Å². The minimum absolute atomic E-state index is 0.461. The van der Waals surface area contributed by atoms with Crippen molar-refractivity contribution >= 4 is 51.1 Å². The lowest BCUT2D eigenvalue weighted by Crippen LogP contribution is -2.02. The minimum atomic E-state index is 0.461. The van der Waals surface area contributed by atoms with Crippen molar-refractivity contribution < 1.29 is 4.74 Å². The quantitative estimate of drug-likeness (QED) is 0.264.